The minimum absolute atomic E-state index is 0.108. The van der Waals surface area contributed by atoms with Crippen molar-refractivity contribution in [3.8, 4) is 0 Å². The Labute approximate surface area is 136 Å². The van der Waals surface area contributed by atoms with Crippen LogP contribution in [-0.4, -0.2) is 36.3 Å². The zero-order valence-corrected chi connectivity index (χ0v) is 14.1. The van der Waals surface area contributed by atoms with Gasteiger partial charge in [0.2, 0.25) is 0 Å². The van der Waals surface area contributed by atoms with Gasteiger partial charge in [0.1, 0.15) is 10.7 Å². The minimum atomic E-state index is -3.67. The molecule has 2 aromatic heterocycles. The highest BCUT2D eigenvalue weighted by Gasteiger charge is 2.18. The molecule has 0 amide bonds. The van der Waals surface area contributed by atoms with Gasteiger partial charge in [-0.05, 0) is 38.8 Å². The van der Waals surface area contributed by atoms with E-state index in [0.29, 0.717) is 5.82 Å². The Bertz CT molecular complexity index is 761. The molecule has 124 valence electrons. The molecular weight excluding hydrogens is 314 g/mol. The van der Waals surface area contributed by atoms with Gasteiger partial charge in [0.15, 0.2) is 0 Å². The molecule has 23 heavy (non-hydrogen) atoms. The summed E-state index contributed by atoms with van der Waals surface area (Å²) in [6.07, 6.45) is 6.95. The van der Waals surface area contributed by atoms with Crippen LogP contribution in [0.5, 0.6) is 0 Å². The molecule has 1 aliphatic rings. The van der Waals surface area contributed by atoms with E-state index in [1.165, 1.54) is 25.2 Å². The Morgan fingerprint density at radius 1 is 1.17 bits per heavy atom. The topological polar surface area (TPSA) is 80.1 Å². The van der Waals surface area contributed by atoms with Crippen molar-refractivity contribution in [1.29, 1.82) is 0 Å². The van der Waals surface area contributed by atoms with Crippen LogP contribution in [0.25, 0.3) is 0 Å². The van der Waals surface area contributed by atoms with Gasteiger partial charge in [0.05, 0.1) is 18.1 Å². The number of sulfonamides is 1. The summed E-state index contributed by atoms with van der Waals surface area (Å²) in [6.45, 7) is 5.94. The average molecular weight is 335 g/mol. The number of hydrogen-bond acceptors (Lipinski definition) is 5. The molecule has 0 saturated carbocycles. The van der Waals surface area contributed by atoms with Crippen molar-refractivity contribution in [2.75, 3.05) is 22.7 Å². The van der Waals surface area contributed by atoms with E-state index in [4.69, 9.17) is 0 Å². The third-order valence-corrected chi connectivity index (χ3v) is 5.18. The van der Waals surface area contributed by atoms with E-state index in [2.05, 4.69) is 19.7 Å². The zero-order valence-electron chi connectivity index (χ0n) is 13.3. The van der Waals surface area contributed by atoms with Crippen molar-refractivity contribution in [3.63, 3.8) is 0 Å². The van der Waals surface area contributed by atoms with E-state index >= 15 is 0 Å². The molecule has 1 aliphatic heterocycles. The first-order valence-electron chi connectivity index (χ1n) is 7.74. The lowest BCUT2D eigenvalue weighted by Gasteiger charge is -2.17. The van der Waals surface area contributed by atoms with Crippen LogP contribution in [0, 0.1) is 0 Å². The summed E-state index contributed by atoms with van der Waals surface area (Å²) < 4.78 is 28.8. The van der Waals surface area contributed by atoms with Crippen LogP contribution in [0.3, 0.4) is 0 Å². The van der Waals surface area contributed by atoms with E-state index in [-0.39, 0.29) is 10.9 Å². The van der Waals surface area contributed by atoms with Gasteiger partial charge in [-0.1, -0.05) is 0 Å². The van der Waals surface area contributed by atoms with Gasteiger partial charge in [0, 0.05) is 25.3 Å². The number of rotatable bonds is 5. The van der Waals surface area contributed by atoms with Crippen LogP contribution >= 0.6 is 0 Å². The van der Waals surface area contributed by atoms with Crippen LogP contribution in [0.4, 0.5) is 11.5 Å². The zero-order chi connectivity index (χ0) is 16.4. The molecule has 2 aromatic rings. The highest BCUT2D eigenvalue weighted by Crippen LogP contribution is 2.21. The second-order valence-electron chi connectivity index (χ2n) is 5.95. The number of pyridine rings is 1. The molecule has 1 saturated heterocycles. The third kappa shape index (κ3) is 3.47. The fourth-order valence-corrected chi connectivity index (χ4v) is 3.49. The molecular formula is C15H21N5O2S. The SMILES string of the molecule is CC(C)n1cc(S(=O)(=O)Nc2ccc(N3CCCC3)cn2)cn1. The molecule has 0 bridgehead atoms. The monoisotopic (exact) mass is 335 g/mol. The summed E-state index contributed by atoms with van der Waals surface area (Å²) in [7, 11) is -3.67. The van der Waals surface area contributed by atoms with Gasteiger partial charge in [-0.25, -0.2) is 13.4 Å². The first-order valence-corrected chi connectivity index (χ1v) is 9.22. The molecule has 3 rings (SSSR count). The Balaban J connectivity index is 1.74. The van der Waals surface area contributed by atoms with Crippen molar-refractivity contribution in [3.05, 3.63) is 30.7 Å². The molecule has 0 aromatic carbocycles. The Morgan fingerprint density at radius 3 is 2.48 bits per heavy atom. The van der Waals surface area contributed by atoms with E-state index in [1.54, 1.807) is 16.9 Å². The molecule has 0 spiro atoms. The first kappa shape index (κ1) is 15.8. The molecule has 1 fully saturated rings. The van der Waals surface area contributed by atoms with Gasteiger partial charge in [0.25, 0.3) is 10.0 Å². The number of anilines is 2. The maximum atomic E-state index is 12.4. The molecule has 0 aliphatic carbocycles. The van der Waals surface area contributed by atoms with Crippen molar-refractivity contribution in [1.82, 2.24) is 14.8 Å². The number of aromatic nitrogens is 3. The molecule has 1 N–H and O–H groups in total. The van der Waals surface area contributed by atoms with Crippen molar-refractivity contribution < 1.29 is 8.42 Å². The van der Waals surface area contributed by atoms with Gasteiger partial charge < -0.3 is 4.90 Å². The van der Waals surface area contributed by atoms with E-state index in [0.717, 1.165) is 18.8 Å². The van der Waals surface area contributed by atoms with E-state index in [1.807, 2.05) is 19.9 Å². The number of nitrogens with zero attached hydrogens (tertiary/aromatic N) is 4. The van der Waals surface area contributed by atoms with Crippen LogP contribution in [0.2, 0.25) is 0 Å². The van der Waals surface area contributed by atoms with Crippen molar-refractivity contribution >= 4 is 21.5 Å². The fraction of sp³-hybridized carbons (Fsp3) is 0.467. The molecule has 0 atom stereocenters. The Hall–Kier alpha value is -2.09. The summed E-state index contributed by atoms with van der Waals surface area (Å²) in [4.78, 5) is 6.60. The predicted octanol–water partition coefficient (Wildman–Crippen LogP) is 2.26. The van der Waals surface area contributed by atoms with Crippen molar-refractivity contribution in [2.24, 2.45) is 0 Å². The number of hydrogen-bond donors (Lipinski definition) is 1. The molecule has 0 radical (unpaired) electrons. The largest absolute Gasteiger partial charge is 0.370 e. The van der Waals surface area contributed by atoms with Crippen LogP contribution in [0.1, 0.15) is 32.7 Å². The average Bonchev–Trinajstić information content (AvgIpc) is 3.20. The van der Waals surface area contributed by atoms with E-state index < -0.39 is 10.0 Å². The van der Waals surface area contributed by atoms with Gasteiger partial charge in [-0.2, -0.15) is 5.10 Å². The minimum Gasteiger partial charge on any atom is -0.370 e. The molecule has 3 heterocycles. The summed E-state index contributed by atoms with van der Waals surface area (Å²) in [6, 6.07) is 3.70. The standard InChI is InChI=1S/C15H21N5O2S/c1-12(2)20-11-14(10-17-20)23(21,22)18-15-6-5-13(9-16-15)19-7-3-4-8-19/h5-6,9-12H,3-4,7-8H2,1-2H3,(H,16,18). The second kappa shape index (κ2) is 6.19. The summed E-state index contributed by atoms with van der Waals surface area (Å²) in [5.41, 5.74) is 1.03. The van der Waals surface area contributed by atoms with Gasteiger partial charge in [-0.15, -0.1) is 0 Å². The first-order chi connectivity index (χ1) is 11.0. The quantitative estimate of drug-likeness (QED) is 0.906. The fourth-order valence-electron chi connectivity index (χ4n) is 2.55. The highest BCUT2D eigenvalue weighted by atomic mass is 32.2. The number of nitrogens with one attached hydrogen (secondary N) is 1. The van der Waals surface area contributed by atoms with E-state index in [9.17, 15) is 8.42 Å². The molecule has 0 unspecified atom stereocenters. The van der Waals surface area contributed by atoms with Gasteiger partial charge in [-0.3, -0.25) is 9.40 Å². The molecule has 7 nitrogen and oxygen atoms in total. The highest BCUT2D eigenvalue weighted by molar-refractivity contribution is 7.92. The summed E-state index contributed by atoms with van der Waals surface area (Å²) >= 11 is 0. The van der Waals surface area contributed by atoms with Crippen molar-refractivity contribution in [2.45, 2.75) is 37.6 Å². The lowest BCUT2D eigenvalue weighted by atomic mass is 10.4. The van der Waals surface area contributed by atoms with Crippen LogP contribution in [0.15, 0.2) is 35.6 Å². The molecule has 8 heteroatoms. The van der Waals surface area contributed by atoms with Gasteiger partial charge >= 0.3 is 0 Å². The summed E-state index contributed by atoms with van der Waals surface area (Å²) in [5.74, 6) is 0.310. The second-order valence-corrected chi connectivity index (χ2v) is 7.63. The maximum Gasteiger partial charge on any atom is 0.266 e. The lowest BCUT2D eigenvalue weighted by molar-refractivity contribution is 0.531. The lowest BCUT2D eigenvalue weighted by Crippen LogP contribution is -2.18. The van der Waals surface area contributed by atoms with Crippen LogP contribution < -0.4 is 9.62 Å². The third-order valence-electron chi connectivity index (χ3n) is 3.88. The maximum absolute atomic E-state index is 12.4. The van der Waals surface area contributed by atoms with Crippen LogP contribution in [-0.2, 0) is 10.0 Å². The Morgan fingerprint density at radius 2 is 1.91 bits per heavy atom. The summed E-state index contributed by atoms with van der Waals surface area (Å²) in [5, 5.41) is 4.06. The smallest absolute Gasteiger partial charge is 0.266 e. The normalized spacial score (nSPS) is 15.3. The predicted molar refractivity (Wildman–Crippen MR) is 89.1 cm³/mol. The Kier molecular flexibility index (Phi) is 4.25.